The number of hydrogen-bond donors (Lipinski definition) is 1. The average molecular weight is 509 g/mol. The van der Waals surface area contributed by atoms with Crippen LogP contribution in [0.2, 0.25) is 5.02 Å². The molecule has 1 N–H and O–H groups in total. The number of carbonyl (C=O) groups is 1. The summed E-state index contributed by atoms with van der Waals surface area (Å²) in [5, 5.41) is 4.39. The van der Waals surface area contributed by atoms with Gasteiger partial charge >= 0.3 is 0 Å². The topological polar surface area (TPSA) is 115 Å². The number of halogens is 1. The van der Waals surface area contributed by atoms with Gasteiger partial charge in [-0.15, -0.1) is 11.8 Å². The number of sulfonamides is 1. The van der Waals surface area contributed by atoms with E-state index in [4.69, 9.17) is 20.9 Å². The molecule has 0 aliphatic carbocycles. The van der Waals surface area contributed by atoms with Crippen LogP contribution in [-0.4, -0.2) is 61.9 Å². The number of carbonyl (C=O) groups excluding carboxylic acids is 1. The van der Waals surface area contributed by atoms with Gasteiger partial charge in [-0.25, -0.2) is 13.1 Å². The molecule has 0 spiro atoms. The number of hydrogen-bond acceptors (Lipinski definition) is 8. The zero-order valence-electron chi connectivity index (χ0n) is 17.7. The van der Waals surface area contributed by atoms with E-state index in [9.17, 15) is 13.2 Å². The molecule has 9 nitrogen and oxygen atoms in total. The van der Waals surface area contributed by atoms with Crippen LogP contribution in [0.1, 0.15) is 16.2 Å². The lowest BCUT2D eigenvalue weighted by molar-refractivity contribution is 0.0300. The molecular formula is C21H21ClN4O5S2. The number of nitrogens with zero attached hydrogens (tertiary/aromatic N) is 3. The van der Waals surface area contributed by atoms with Crippen molar-refractivity contribution in [3.8, 4) is 11.4 Å². The Kier molecular flexibility index (Phi) is 7.35. The minimum Gasteiger partial charge on any atom is -0.378 e. The second-order valence-corrected chi connectivity index (χ2v) is 10.2. The molecule has 12 heteroatoms. The number of ether oxygens (including phenoxy) is 1. The van der Waals surface area contributed by atoms with Crippen molar-refractivity contribution in [1.29, 1.82) is 0 Å². The first-order chi connectivity index (χ1) is 15.9. The summed E-state index contributed by atoms with van der Waals surface area (Å²) in [5.74, 6) is 0.177. The Morgan fingerprint density at radius 3 is 2.73 bits per heavy atom. The lowest BCUT2D eigenvalue weighted by atomic mass is 10.2. The van der Waals surface area contributed by atoms with Gasteiger partial charge in [-0.3, -0.25) is 4.79 Å². The lowest BCUT2D eigenvalue weighted by Gasteiger charge is -2.27. The molecule has 3 aromatic rings. The molecule has 1 aromatic heterocycles. The van der Waals surface area contributed by atoms with Gasteiger partial charge < -0.3 is 14.2 Å². The van der Waals surface area contributed by atoms with Crippen LogP contribution in [0, 0.1) is 0 Å². The van der Waals surface area contributed by atoms with Gasteiger partial charge in [0.25, 0.3) is 5.91 Å². The smallest absolute Gasteiger partial charge is 0.255 e. The molecule has 2 aromatic carbocycles. The fourth-order valence-electron chi connectivity index (χ4n) is 3.27. The summed E-state index contributed by atoms with van der Waals surface area (Å²) in [4.78, 5) is 19.6. The molecule has 1 amide bonds. The van der Waals surface area contributed by atoms with Crippen LogP contribution in [0.5, 0.6) is 0 Å². The number of rotatable bonds is 7. The fraction of sp³-hybridized carbons (Fsp3) is 0.286. The highest BCUT2D eigenvalue weighted by Crippen LogP contribution is 2.26. The SMILES string of the molecule is CSc1ccc(S(=O)(=O)NCc2nc(-c3cccc(Cl)c3)no2)cc1C(=O)N1CCOCC1. The molecule has 0 radical (unpaired) electrons. The van der Waals surface area contributed by atoms with E-state index in [1.54, 1.807) is 35.2 Å². The first kappa shape index (κ1) is 23.7. The summed E-state index contributed by atoms with van der Waals surface area (Å²) >= 11 is 7.37. The molecule has 1 aliphatic heterocycles. The fourth-order valence-corrected chi connectivity index (χ4v) is 5.03. The van der Waals surface area contributed by atoms with Crippen LogP contribution in [0.15, 0.2) is 56.8 Å². The molecule has 0 atom stereocenters. The van der Waals surface area contributed by atoms with Gasteiger partial charge in [0, 0.05) is 28.6 Å². The number of aromatic nitrogens is 2. The summed E-state index contributed by atoms with van der Waals surface area (Å²) in [5.41, 5.74) is 0.993. The van der Waals surface area contributed by atoms with E-state index in [2.05, 4.69) is 14.9 Å². The van der Waals surface area contributed by atoms with Gasteiger partial charge in [-0.05, 0) is 36.6 Å². The van der Waals surface area contributed by atoms with E-state index in [0.717, 1.165) is 0 Å². The first-order valence-corrected chi connectivity index (χ1v) is 13.1. The molecule has 33 heavy (non-hydrogen) atoms. The minimum absolute atomic E-state index is 0.0218. The molecule has 0 bridgehead atoms. The molecule has 0 unspecified atom stereocenters. The summed E-state index contributed by atoms with van der Waals surface area (Å²) in [6.45, 7) is 1.65. The largest absolute Gasteiger partial charge is 0.378 e. The number of morpholine rings is 1. The quantitative estimate of drug-likeness (QED) is 0.484. The zero-order chi connectivity index (χ0) is 23.4. The maximum absolute atomic E-state index is 13.0. The van der Waals surface area contributed by atoms with Crippen molar-refractivity contribution >= 4 is 39.3 Å². The maximum Gasteiger partial charge on any atom is 0.255 e. The highest BCUT2D eigenvalue weighted by Gasteiger charge is 2.24. The van der Waals surface area contributed by atoms with Gasteiger partial charge in [0.2, 0.25) is 21.7 Å². The van der Waals surface area contributed by atoms with Crippen LogP contribution < -0.4 is 4.72 Å². The van der Waals surface area contributed by atoms with Gasteiger partial charge in [-0.2, -0.15) is 4.98 Å². The normalized spacial score (nSPS) is 14.4. The van der Waals surface area contributed by atoms with Crippen molar-refractivity contribution in [3.05, 3.63) is 58.9 Å². The van der Waals surface area contributed by atoms with E-state index in [0.29, 0.717) is 53.2 Å². The highest BCUT2D eigenvalue weighted by molar-refractivity contribution is 7.98. The predicted molar refractivity (Wildman–Crippen MR) is 124 cm³/mol. The Balaban J connectivity index is 1.51. The molecular weight excluding hydrogens is 488 g/mol. The molecule has 174 valence electrons. The average Bonchev–Trinajstić information content (AvgIpc) is 3.32. The third kappa shape index (κ3) is 5.56. The Morgan fingerprint density at radius 1 is 1.21 bits per heavy atom. The number of amides is 1. The first-order valence-electron chi connectivity index (χ1n) is 10.0. The van der Waals surface area contributed by atoms with Crippen LogP contribution in [0.25, 0.3) is 11.4 Å². The van der Waals surface area contributed by atoms with E-state index in [-0.39, 0.29) is 23.2 Å². The summed E-state index contributed by atoms with van der Waals surface area (Å²) in [7, 11) is -3.94. The molecule has 4 rings (SSSR count). The Bertz CT molecular complexity index is 1260. The van der Waals surface area contributed by atoms with Crippen molar-refractivity contribution in [2.45, 2.75) is 16.3 Å². The second kappa shape index (κ2) is 10.2. The van der Waals surface area contributed by atoms with Crippen molar-refractivity contribution in [2.75, 3.05) is 32.6 Å². The van der Waals surface area contributed by atoms with E-state index < -0.39 is 10.0 Å². The third-order valence-corrected chi connectivity index (χ3v) is 7.40. The second-order valence-electron chi connectivity index (χ2n) is 7.11. The summed E-state index contributed by atoms with van der Waals surface area (Å²) < 4.78 is 38.7. The Hall–Kier alpha value is -2.44. The lowest BCUT2D eigenvalue weighted by Crippen LogP contribution is -2.41. The van der Waals surface area contributed by atoms with Crippen LogP contribution in [0.4, 0.5) is 0 Å². The van der Waals surface area contributed by atoms with E-state index in [1.165, 1.54) is 23.9 Å². The van der Waals surface area contributed by atoms with Gasteiger partial charge in [0.05, 0.1) is 30.2 Å². The molecule has 2 heterocycles. The maximum atomic E-state index is 13.0. The monoisotopic (exact) mass is 508 g/mol. The number of nitrogens with one attached hydrogen (secondary N) is 1. The van der Waals surface area contributed by atoms with Crippen LogP contribution >= 0.6 is 23.4 Å². The zero-order valence-corrected chi connectivity index (χ0v) is 20.0. The predicted octanol–water partition coefficient (Wildman–Crippen LogP) is 3.06. The molecule has 1 aliphatic rings. The Labute approximate surface area is 200 Å². The minimum atomic E-state index is -3.94. The molecule has 0 saturated carbocycles. The summed E-state index contributed by atoms with van der Waals surface area (Å²) in [6, 6.07) is 11.4. The van der Waals surface area contributed by atoms with E-state index >= 15 is 0 Å². The highest BCUT2D eigenvalue weighted by atomic mass is 35.5. The van der Waals surface area contributed by atoms with E-state index in [1.807, 2.05) is 6.26 Å². The molecule has 1 saturated heterocycles. The third-order valence-electron chi connectivity index (χ3n) is 4.97. The van der Waals surface area contributed by atoms with Gasteiger partial charge in [-0.1, -0.05) is 28.9 Å². The number of thioether (sulfide) groups is 1. The van der Waals surface area contributed by atoms with Crippen molar-refractivity contribution in [1.82, 2.24) is 19.8 Å². The van der Waals surface area contributed by atoms with Crippen molar-refractivity contribution < 1.29 is 22.5 Å². The van der Waals surface area contributed by atoms with Crippen LogP contribution in [-0.2, 0) is 21.3 Å². The number of benzene rings is 2. The summed E-state index contributed by atoms with van der Waals surface area (Å²) in [6.07, 6.45) is 1.84. The standard InChI is InChI=1S/C21H21ClN4O5S2/c1-32-18-6-5-16(12-17(18)21(27)26-7-9-30-10-8-26)33(28,29)23-13-19-24-20(25-31-19)14-3-2-4-15(22)11-14/h2-6,11-12,23H,7-10,13H2,1H3. The van der Waals surface area contributed by atoms with Crippen molar-refractivity contribution in [3.63, 3.8) is 0 Å². The Morgan fingerprint density at radius 2 is 2.00 bits per heavy atom. The van der Waals surface area contributed by atoms with Crippen molar-refractivity contribution in [2.24, 2.45) is 0 Å². The van der Waals surface area contributed by atoms with Gasteiger partial charge in [0.15, 0.2) is 0 Å². The molecule has 1 fully saturated rings. The van der Waals surface area contributed by atoms with Gasteiger partial charge in [0.1, 0.15) is 0 Å². The van der Waals surface area contributed by atoms with Crippen LogP contribution in [0.3, 0.4) is 0 Å².